The van der Waals surface area contributed by atoms with Crippen LogP contribution in [0.5, 0.6) is 5.75 Å². The predicted octanol–water partition coefficient (Wildman–Crippen LogP) is 3.43. The molecule has 0 N–H and O–H groups in total. The highest BCUT2D eigenvalue weighted by molar-refractivity contribution is 5.83. The predicted molar refractivity (Wildman–Crippen MR) is 82.1 cm³/mol. The highest BCUT2D eigenvalue weighted by Gasteiger charge is 2.29. The van der Waals surface area contributed by atoms with Crippen molar-refractivity contribution in [2.45, 2.75) is 18.9 Å². The topological polar surface area (TPSA) is 29.5 Å². The number of likely N-dealkylation sites (tertiary alicyclic amines) is 1. The van der Waals surface area contributed by atoms with E-state index < -0.39 is 6.10 Å². The van der Waals surface area contributed by atoms with Gasteiger partial charge in [0.25, 0.3) is 5.91 Å². The van der Waals surface area contributed by atoms with Gasteiger partial charge in [-0.25, -0.2) is 0 Å². The summed E-state index contributed by atoms with van der Waals surface area (Å²) in [5, 5.41) is 0. The molecule has 1 amide bonds. The molecule has 1 atom stereocenters. The van der Waals surface area contributed by atoms with E-state index in [4.69, 9.17) is 4.74 Å². The molecule has 1 unspecified atom stereocenters. The fourth-order valence-electron chi connectivity index (χ4n) is 2.63. The summed E-state index contributed by atoms with van der Waals surface area (Å²) in [5.41, 5.74) is 0.901. The summed E-state index contributed by atoms with van der Waals surface area (Å²) < 4.78 is 5.98. The second-order valence-corrected chi connectivity index (χ2v) is 5.25. The van der Waals surface area contributed by atoms with Crippen LogP contribution in [0, 0.1) is 0 Å². The van der Waals surface area contributed by atoms with E-state index in [1.165, 1.54) is 0 Å². The molecule has 0 radical (unpaired) electrons. The Bertz CT molecular complexity index is 577. The van der Waals surface area contributed by atoms with Crippen LogP contribution < -0.4 is 4.74 Å². The van der Waals surface area contributed by atoms with Gasteiger partial charge in [-0.1, -0.05) is 48.5 Å². The third-order valence-electron chi connectivity index (χ3n) is 3.74. The molecule has 3 rings (SSSR count). The minimum Gasteiger partial charge on any atom is -0.476 e. The molecule has 108 valence electrons. The number of amides is 1. The standard InChI is InChI=1S/C18H19NO2/c20-18(19-13-7-8-14-19)17(15-9-3-1-4-10-15)21-16-11-5-2-6-12-16/h1-6,9-12,17H,7-8,13-14H2. The summed E-state index contributed by atoms with van der Waals surface area (Å²) in [5.74, 6) is 0.779. The third kappa shape index (κ3) is 3.24. The molecule has 1 aliphatic rings. The van der Waals surface area contributed by atoms with E-state index in [9.17, 15) is 4.79 Å². The Labute approximate surface area is 125 Å². The SMILES string of the molecule is O=C(C(Oc1ccccc1)c1ccccc1)N1CCCC1. The van der Waals surface area contributed by atoms with E-state index in [0.717, 1.165) is 37.2 Å². The number of rotatable bonds is 4. The van der Waals surface area contributed by atoms with Crippen LogP contribution in [0.1, 0.15) is 24.5 Å². The molecular weight excluding hydrogens is 262 g/mol. The van der Waals surface area contributed by atoms with Crippen molar-refractivity contribution >= 4 is 5.91 Å². The number of ether oxygens (including phenoxy) is 1. The van der Waals surface area contributed by atoms with Gasteiger partial charge in [0.1, 0.15) is 5.75 Å². The monoisotopic (exact) mass is 281 g/mol. The number of para-hydroxylation sites is 1. The van der Waals surface area contributed by atoms with Crippen LogP contribution in [0.3, 0.4) is 0 Å². The summed E-state index contributed by atoms with van der Waals surface area (Å²) in [6.45, 7) is 1.67. The molecule has 1 saturated heterocycles. The molecular formula is C18H19NO2. The van der Waals surface area contributed by atoms with Gasteiger partial charge in [-0.2, -0.15) is 0 Å². The van der Waals surface area contributed by atoms with Gasteiger partial charge in [0.15, 0.2) is 0 Å². The molecule has 3 nitrogen and oxygen atoms in total. The van der Waals surface area contributed by atoms with E-state index in [0.29, 0.717) is 0 Å². The van der Waals surface area contributed by atoms with Crippen molar-refractivity contribution in [3.8, 4) is 5.75 Å². The first-order valence-electron chi connectivity index (χ1n) is 7.40. The van der Waals surface area contributed by atoms with Crippen molar-refractivity contribution in [3.63, 3.8) is 0 Å². The van der Waals surface area contributed by atoms with Crippen molar-refractivity contribution in [2.75, 3.05) is 13.1 Å². The molecule has 1 heterocycles. The Morgan fingerprint density at radius 1 is 0.905 bits per heavy atom. The van der Waals surface area contributed by atoms with Gasteiger partial charge in [0.05, 0.1) is 0 Å². The van der Waals surface area contributed by atoms with E-state index in [1.807, 2.05) is 65.6 Å². The quantitative estimate of drug-likeness (QED) is 0.859. The lowest BCUT2D eigenvalue weighted by Crippen LogP contribution is -2.35. The first kappa shape index (κ1) is 13.7. The van der Waals surface area contributed by atoms with E-state index in [1.54, 1.807) is 0 Å². The van der Waals surface area contributed by atoms with Gasteiger partial charge < -0.3 is 9.64 Å². The molecule has 3 heteroatoms. The maximum Gasteiger partial charge on any atom is 0.268 e. The van der Waals surface area contributed by atoms with Crippen LogP contribution in [0.2, 0.25) is 0 Å². The summed E-state index contributed by atoms with van der Waals surface area (Å²) in [6.07, 6.45) is 1.60. The lowest BCUT2D eigenvalue weighted by molar-refractivity contribution is -0.137. The Hall–Kier alpha value is -2.29. The normalized spacial score (nSPS) is 15.7. The average molecular weight is 281 g/mol. The van der Waals surface area contributed by atoms with E-state index in [2.05, 4.69) is 0 Å². The van der Waals surface area contributed by atoms with Gasteiger partial charge in [-0.3, -0.25) is 4.79 Å². The lowest BCUT2D eigenvalue weighted by atomic mass is 10.1. The van der Waals surface area contributed by atoms with Crippen molar-refractivity contribution in [1.29, 1.82) is 0 Å². The summed E-state index contributed by atoms with van der Waals surface area (Å²) >= 11 is 0. The number of hydrogen-bond acceptors (Lipinski definition) is 2. The van der Waals surface area contributed by atoms with Crippen LogP contribution >= 0.6 is 0 Å². The van der Waals surface area contributed by atoms with Crippen LogP contribution in [0.4, 0.5) is 0 Å². The highest BCUT2D eigenvalue weighted by Crippen LogP contribution is 2.25. The fourth-order valence-corrected chi connectivity index (χ4v) is 2.63. The molecule has 1 fully saturated rings. The number of nitrogens with zero attached hydrogens (tertiary/aromatic N) is 1. The maximum absolute atomic E-state index is 12.8. The van der Waals surface area contributed by atoms with E-state index in [-0.39, 0.29) is 5.91 Å². The zero-order valence-electron chi connectivity index (χ0n) is 11.9. The highest BCUT2D eigenvalue weighted by atomic mass is 16.5. The zero-order valence-corrected chi connectivity index (χ0v) is 11.9. The Morgan fingerprint density at radius 2 is 1.48 bits per heavy atom. The molecule has 0 aromatic heterocycles. The van der Waals surface area contributed by atoms with Gasteiger partial charge in [0.2, 0.25) is 6.10 Å². The lowest BCUT2D eigenvalue weighted by Gasteiger charge is -2.24. The zero-order chi connectivity index (χ0) is 14.5. The Kier molecular flexibility index (Phi) is 4.20. The van der Waals surface area contributed by atoms with Gasteiger partial charge in [-0.05, 0) is 25.0 Å². The van der Waals surface area contributed by atoms with Crippen molar-refractivity contribution in [3.05, 3.63) is 66.2 Å². The van der Waals surface area contributed by atoms with Gasteiger partial charge in [0, 0.05) is 18.7 Å². The molecule has 2 aromatic carbocycles. The second kappa shape index (κ2) is 6.44. The maximum atomic E-state index is 12.8. The van der Waals surface area contributed by atoms with Crippen molar-refractivity contribution < 1.29 is 9.53 Å². The Balaban J connectivity index is 1.85. The summed E-state index contributed by atoms with van der Waals surface area (Å²) in [7, 11) is 0. The minimum absolute atomic E-state index is 0.0579. The molecule has 2 aromatic rings. The number of carbonyl (C=O) groups excluding carboxylic acids is 1. The molecule has 0 bridgehead atoms. The first-order valence-corrected chi connectivity index (χ1v) is 7.40. The molecule has 0 saturated carbocycles. The summed E-state index contributed by atoms with van der Waals surface area (Å²) in [6, 6.07) is 19.2. The largest absolute Gasteiger partial charge is 0.476 e. The van der Waals surface area contributed by atoms with E-state index >= 15 is 0 Å². The minimum atomic E-state index is -0.563. The molecule has 0 spiro atoms. The first-order chi connectivity index (χ1) is 10.3. The molecule has 1 aliphatic heterocycles. The fraction of sp³-hybridized carbons (Fsp3) is 0.278. The van der Waals surface area contributed by atoms with Crippen LogP contribution in [0.15, 0.2) is 60.7 Å². The number of benzene rings is 2. The van der Waals surface area contributed by atoms with Crippen molar-refractivity contribution in [1.82, 2.24) is 4.90 Å². The molecule has 21 heavy (non-hydrogen) atoms. The van der Waals surface area contributed by atoms with Crippen molar-refractivity contribution in [2.24, 2.45) is 0 Å². The van der Waals surface area contributed by atoms with Crippen LogP contribution in [-0.2, 0) is 4.79 Å². The third-order valence-corrected chi connectivity index (χ3v) is 3.74. The number of carbonyl (C=O) groups is 1. The van der Waals surface area contributed by atoms with Gasteiger partial charge >= 0.3 is 0 Å². The smallest absolute Gasteiger partial charge is 0.268 e. The summed E-state index contributed by atoms with van der Waals surface area (Å²) in [4.78, 5) is 14.7. The van der Waals surface area contributed by atoms with Crippen LogP contribution in [-0.4, -0.2) is 23.9 Å². The van der Waals surface area contributed by atoms with Gasteiger partial charge in [-0.15, -0.1) is 0 Å². The second-order valence-electron chi connectivity index (χ2n) is 5.25. The van der Waals surface area contributed by atoms with Crippen LogP contribution in [0.25, 0.3) is 0 Å². The Morgan fingerprint density at radius 3 is 2.10 bits per heavy atom. The number of hydrogen-bond donors (Lipinski definition) is 0. The molecule has 0 aliphatic carbocycles. The average Bonchev–Trinajstić information content (AvgIpc) is 3.08.